The lowest BCUT2D eigenvalue weighted by Crippen LogP contribution is -2.16. The van der Waals surface area contributed by atoms with Crippen LogP contribution in [0, 0.1) is 10.1 Å². The number of phenolic OH excluding ortho intramolecular Hbond substituents is 1. The number of nitro groups is 1. The monoisotopic (exact) mass is 408 g/mol. The molecule has 8 nitrogen and oxygen atoms in total. The topological polar surface area (TPSA) is 110 Å². The molecule has 1 amide bonds. The number of alkyl halides is 3. The Balaban J connectivity index is 2.35. The highest BCUT2D eigenvalue weighted by molar-refractivity contribution is 9.10. The highest BCUT2D eigenvalue weighted by atomic mass is 79.9. The third-order valence-corrected chi connectivity index (χ3v) is 3.66. The van der Waals surface area contributed by atoms with E-state index >= 15 is 0 Å². The maximum Gasteiger partial charge on any atom is 0.436 e. The summed E-state index contributed by atoms with van der Waals surface area (Å²) in [5, 5.41) is 25.7. The summed E-state index contributed by atoms with van der Waals surface area (Å²) in [4.78, 5) is 22.0. The van der Waals surface area contributed by atoms with Crippen molar-refractivity contribution in [2.75, 3.05) is 5.32 Å². The van der Waals surface area contributed by atoms with Crippen LogP contribution >= 0.6 is 15.9 Å². The predicted octanol–water partition coefficient (Wildman–Crippen LogP) is 3.07. The number of nitrogens with zero attached hydrogens (tertiary/aromatic N) is 3. The number of hydrogen-bond acceptors (Lipinski definition) is 5. The number of benzene rings is 1. The van der Waals surface area contributed by atoms with E-state index in [0.29, 0.717) is 0 Å². The van der Waals surface area contributed by atoms with Crippen LogP contribution in [-0.2, 0) is 13.2 Å². The minimum Gasteiger partial charge on any atom is -0.506 e. The number of hydrogen-bond donors (Lipinski definition) is 2. The van der Waals surface area contributed by atoms with E-state index in [1.54, 1.807) is 0 Å². The number of carbonyl (C=O) groups excluding carboxylic acids is 1. The van der Waals surface area contributed by atoms with Crippen molar-refractivity contribution < 1.29 is 28.0 Å². The molecule has 128 valence electrons. The lowest BCUT2D eigenvalue weighted by Gasteiger charge is -2.08. The van der Waals surface area contributed by atoms with E-state index in [9.17, 15) is 33.2 Å². The molecule has 1 aromatic carbocycles. The van der Waals surface area contributed by atoms with Crippen molar-refractivity contribution in [2.24, 2.45) is 7.05 Å². The van der Waals surface area contributed by atoms with Crippen molar-refractivity contribution in [1.82, 2.24) is 9.78 Å². The summed E-state index contributed by atoms with van der Waals surface area (Å²) in [5.41, 5.74) is -2.32. The molecule has 0 atom stereocenters. The van der Waals surface area contributed by atoms with Gasteiger partial charge in [-0.05, 0) is 22.0 Å². The highest BCUT2D eigenvalue weighted by Crippen LogP contribution is 2.36. The van der Waals surface area contributed by atoms with Crippen molar-refractivity contribution in [3.8, 4) is 5.75 Å². The molecule has 24 heavy (non-hydrogen) atoms. The number of aryl methyl sites for hydroxylation is 1. The molecular weight excluding hydrogens is 401 g/mol. The maximum atomic E-state index is 12.8. The van der Waals surface area contributed by atoms with Crippen molar-refractivity contribution in [3.05, 3.63) is 44.2 Å². The molecule has 2 aromatic rings. The van der Waals surface area contributed by atoms with Crippen molar-refractivity contribution in [3.63, 3.8) is 0 Å². The lowest BCUT2D eigenvalue weighted by atomic mass is 10.2. The van der Waals surface area contributed by atoms with Gasteiger partial charge < -0.3 is 10.4 Å². The normalized spacial score (nSPS) is 11.4. The Bertz CT molecular complexity index is 834. The number of rotatable bonds is 3. The van der Waals surface area contributed by atoms with Gasteiger partial charge in [-0.1, -0.05) is 0 Å². The number of aromatic nitrogens is 2. The van der Waals surface area contributed by atoms with Gasteiger partial charge in [-0.25, -0.2) is 0 Å². The Morgan fingerprint density at radius 1 is 1.46 bits per heavy atom. The zero-order valence-electron chi connectivity index (χ0n) is 11.8. The third kappa shape index (κ3) is 3.32. The van der Waals surface area contributed by atoms with Crippen molar-refractivity contribution in [2.45, 2.75) is 6.18 Å². The summed E-state index contributed by atoms with van der Waals surface area (Å²) < 4.78 is 38.5. The van der Waals surface area contributed by atoms with Crippen LogP contribution in [0.4, 0.5) is 24.5 Å². The number of phenols is 1. The number of anilines is 1. The molecule has 0 radical (unpaired) electrons. The number of carbonyl (C=O) groups is 1. The molecule has 0 fully saturated rings. The van der Waals surface area contributed by atoms with Gasteiger partial charge in [0, 0.05) is 13.1 Å². The first-order valence-electron chi connectivity index (χ1n) is 6.10. The first-order chi connectivity index (χ1) is 11.0. The molecule has 0 bridgehead atoms. The van der Waals surface area contributed by atoms with Crippen LogP contribution in [0.25, 0.3) is 0 Å². The molecule has 1 aromatic heterocycles. The van der Waals surface area contributed by atoms with Crippen LogP contribution in [0.5, 0.6) is 5.75 Å². The highest BCUT2D eigenvalue weighted by Gasteiger charge is 2.39. The van der Waals surface area contributed by atoms with Gasteiger partial charge in [0.15, 0.2) is 5.69 Å². The van der Waals surface area contributed by atoms with Crippen LogP contribution in [0.3, 0.4) is 0 Å². The maximum absolute atomic E-state index is 12.8. The summed E-state index contributed by atoms with van der Waals surface area (Å²) in [6, 6.07) is 2.88. The van der Waals surface area contributed by atoms with Crippen molar-refractivity contribution in [1.29, 1.82) is 0 Å². The second kappa shape index (κ2) is 6.11. The Morgan fingerprint density at radius 2 is 2.08 bits per heavy atom. The molecule has 12 heteroatoms. The average Bonchev–Trinajstić information content (AvgIpc) is 2.76. The smallest absolute Gasteiger partial charge is 0.436 e. The van der Waals surface area contributed by atoms with Crippen LogP contribution in [0.2, 0.25) is 0 Å². The summed E-state index contributed by atoms with van der Waals surface area (Å²) in [7, 11) is 1.14. The second-order valence-corrected chi connectivity index (χ2v) is 5.34. The first-order valence-corrected chi connectivity index (χ1v) is 6.90. The summed E-state index contributed by atoms with van der Waals surface area (Å²) in [6.45, 7) is 0. The van der Waals surface area contributed by atoms with Gasteiger partial charge in [0.1, 0.15) is 11.4 Å². The van der Waals surface area contributed by atoms with E-state index in [-0.39, 0.29) is 5.69 Å². The Hall–Kier alpha value is -2.63. The third-order valence-electron chi connectivity index (χ3n) is 2.91. The molecular formula is C12H8BrF3N4O4. The number of non-ortho nitro benzene ring substituents is 1. The minimum atomic E-state index is -4.76. The van der Waals surface area contributed by atoms with Crippen LogP contribution in [-0.4, -0.2) is 25.7 Å². The van der Waals surface area contributed by atoms with Crippen LogP contribution in [0.15, 0.2) is 22.7 Å². The number of aromatic hydroxyl groups is 1. The van der Waals surface area contributed by atoms with Gasteiger partial charge in [0.2, 0.25) is 0 Å². The van der Waals surface area contributed by atoms with Crippen LogP contribution < -0.4 is 5.32 Å². The van der Waals surface area contributed by atoms with Gasteiger partial charge in [-0.15, -0.1) is 0 Å². The molecule has 0 saturated heterocycles. The molecule has 0 aliphatic rings. The predicted molar refractivity (Wildman–Crippen MR) is 78.6 cm³/mol. The second-order valence-electron chi connectivity index (χ2n) is 4.55. The van der Waals surface area contributed by atoms with Crippen molar-refractivity contribution >= 4 is 33.2 Å². The van der Waals surface area contributed by atoms with E-state index in [4.69, 9.17) is 0 Å². The molecule has 0 aliphatic heterocycles. The standard InChI is InChI=1S/C12H8BrF3N4O4/c1-19-9(8(13)10(18-19)12(14,15)16)11(22)17-6-3-2-5(20(23)24)4-7(6)21/h2-4,21H,1H3,(H,17,22). The summed E-state index contributed by atoms with van der Waals surface area (Å²) in [5.74, 6) is -1.59. The Morgan fingerprint density at radius 3 is 2.54 bits per heavy atom. The molecule has 1 heterocycles. The summed E-state index contributed by atoms with van der Waals surface area (Å²) in [6.07, 6.45) is -4.76. The van der Waals surface area contributed by atoms with E-state index in [1.807, 2.05) is 0 Å². The van der Waals surface area contributed by atoms with Crippen LogP contribution in [0.1, 0.15) is 16.2 Å². The Labute approximate surface area is 140 Å². The molecule has 0 spiro atoms. The number of amides is 1. The molecule has 0 aliphatic carbocycles. The zero-order chi connectivity index (χ0) is 18.2. The van der Waals surface area contributed by atoms with Gasteiger partial charge in [-0.3, -0.25) is 19.6 Å². The van der Waals surface area contributed by atoms with Gasteiger partial charge in [0.05, 0.1) is 21.1 Å². The summed E-state index contributed by atoms with van der Waals surface area (Å²) >= 11 is 2.69. The lowest BCUT2D eigenvalue weighted by molar-refractivity contribution is -0.384. The van der Waals surface area contributed by atoms with E-state index in [0.717, 1.165) is 29.9 Å². The van der Waals surface area contributed by atoms with Gasteiger partial charge in [0.25, 0.3) is 11.6 Å². The molecule has 0 unspecified atom stereocenters. The van der Waals surface area contributed by atoms with E-state index in [1.165, 1.54) is 0 Å². The Kier molecular flexibility index (Phi) is 4.51. The zero-order valence-corrected chi connectivity index (χ0v) is 13.3. The average molecular weight is 409 g/mol. The SMILES string of the molecule is Cn1nc(C(F)(F)F)c(Br)c1C(=O)Nc1ccc([N+](=O)[O-])cc1O. The largest absolute Gasteiger partial charge is 0.506 e. The quantitative estimate of drug-likeness (QED) is 0.460. The van der Waals surface area contributed by atoms with Gasteiger partial charge in [-0.2, -0.15) is 18.3 Å². The fourth-order valence-corrected chi connectivity index (χ4v) is 2.59. The first kappa shape index (κ1) is 17.7. The van der Waals surface area contributed by atoms with E-state index < -0.39 is 44.3 Å². The minimum absolute atomic E-state index is 0.202. The molecule has 0 saturated carbocycles. The fourth-order valence-electron chi connectivity index (χ4n) is 1.85. The number of nitrogens with one attached hydrogen (secondary N) is 1. The molecule has 2 N–H and O–H groups in total. The number of nitro benzene ring substituents is 1. The molecule has 2 rings (SSSR count). The number of halogens is 4. The fraction of sp³-hybridized carbons (Fsp3) is 0.167. The van der Waals surface area contributed by atoms with Gasteiger partial charge >= 0.3 is 6.18 Å². The van der Waals surface area contributed by atoms with E-state index in [2.05, 4.69) is 26.3 Å².